The van der Waals surface area contributed by atoms with Gasteiger partial charge in [0.1, 0.15) is 0 Å². The van der Waals surface area contributed by atoms with Crippen LogP contribution in [0.25, 0.3) is 0 Å². The Balaban J connectivity index is 1.85. The Hall–Kier alpha value is 0.300. The lowest BCUT2D eigenvalue weighted by Crippen LogP contribution is -2.44. The fourth-order valence-electron chi connectivity index (χ4n) is 2.79. The average Bonchev–Trinajstić information content (AvgIpc) is 2.40. The number of halogens is 1. The van der Waals surface area contributed by atoms with Crippen molar-refractivity contribution in [3.05, 3.63) is 0 Å². The van der Waals surface area contributed by atoms with Gasteiger partial charge in [-0.15, -0.1) is 11.8 Å². The maximum absolute atomic E-state index is 12.4. The molecule has 0 saturated carbocycles. The lowest BCUT2D eigenvalue weighted by molar-refractivity contribution is -0.132. The number of rotatable bonds is 3. The monoisotopic (exact) mass is 319 g/mol. The first-order valence-corrected chi connectivity index (χ1v) is 8.94. The molecule has 0 radical (unpaired) electrons. The molecule has 1 amide bonds. The van der Waals surface area contributed by atoms with Crippen LogP contribution in [-0.4, -0.2) is 40.2 Å². The molecule has 2 aliphatic rings. The topological polar surface area (TPSA) is 20.3 Å². The average molecular weight is 320 g/mol. The molecule has 0 aromatic heterocycles. The van der Waals surface area contributed by atoms with Crippen LogP contribution >= 0.6 is 27.7 Å². The minimum atomic E-state index is 0.270. The van der Waals surface area contributed by atoms with Crippen LogP contribution in [0.3, 0.4) is 0 Å². The standard InChI is InChI=1S/C13H22BrNOS/c14-7-6-11-4-3-8-15(10-11)13(16)12-5-1-2-9-17-12/h11-12H,1-10H2. The Labute approximate surface area is 117 Å². The van der Waals surface area contributed by atoms with Gasteiger partial charge in [-0.05, 0) is 43.8 Å². The van der Waals surface area contributed by atoms with Gasteiger partial charge in [-0.3, -0.25) is 4.79 Å². The smallest absolute Gasteiger partial charge is 0.235 e. The lowest BCUT2D eigenvalue weighted by atomic mass is 9.95. The van der Waals surface area contributed by atoms with E-state index in [9.17, 15) is 4.79 Å². The molecule has 0 aliphatic carbocycles. The van der Waals surface area contributed by atoms with E-state index in [0.717, 1.165) is 30.8 Å². The molecule has 2 atom stereocenters. The zero-order valence-corrected chi connectivity index (χ0v) is 12.8. The molecule has 0 spiro atoms. The Morgan fingerprint density at radius 2 is 2.18 bits per heavy atom. The van der Waals surface area contributed by atoms with Crippen LogP contribution in [0.15, 0.2) is 0 Å². The van der Waals surface area contributed by atoms with E-state index >= 15 is 0 Å². The summed E-state index contributed by atoms with van der Waals surface area (Å²) in [4.78, 5) is 14.5. The number of nitrogens with zero attached hydrogens (tertiary/aromatic N) is 1. The Bertz CT molecular complexity index is 254. The first kappa shape index (κ1) is 13.7. The number of carbonyl (C=O) groups is 1. The quantitative estimate of drug-likeness (QED) is 0.744. The van der Waals surface area contributed by atoms with E-state index in [4.69, 9.17) is 0 Å². The van der Waals surface area contributed by atoms with Gasteiger partial charge in [-0.2, -0.15) is 0 Å². The fourth-order valence-corrected chi connectivity index (χ4v) is 4.72. The van der Waals surface area contributed by atoms with E-state index in [-0.39, 0.29) is 5.25 Å². The molecule has 2 aliphatic heterocycles. The first-order valence-electron chi connectivity index (χ1n) is 6.77. The first-order chi connectivity index (χ1) is 8.31. The second kappa shape index (κ2) is 7.03. The molecule has 2 fully saturated rings. The van der Waals surface area contributed by atoms with E-state index < -0.39 is 0 Å². The highest BCUT2D eigenvalue weighted by molar-refractivity contribution is 9.09. The Morgan fingerprint density at radius 1 is 1.29 bits per heavy atom. The Kier molecular flexibility index (Phi) is 5.67. The maximum atomic E-state index is 12.4. The number of hydrogen-bond acceptors (Lipinski definition) is 2. The third kappa shape index (κ3) is 3.88. The highest BCUT2D eigenvalue weighted by atomic mass is 79.9. The van der Waals surface area contributed by atoms with Crippen molar-refractivity contribution in [2.75, 3.05) is 24.2 Å². The molecule has 0 aromatic rings. The summed E-state index contributed by atoms with van der Waals surface area (Å²) in [5.74, 6) is 2.32. The van der Waals surface area contributed by atoms with E-state index in [2.05, 4.69) is 20.8 Å². The minimum absolute atomic E-state index is 0.270. The normalized spacial score (nSPS) is 30.3. The highest BCUT2D eigenvalue weighted by Crippen LogP contribution is 2.29. The number of thioether (sulfide) groups is 1. The third-order valence-corrected chi connectivity index (χ3v) is 5.63. The summed E-state index contributed by atoms with van der Waals surface area (Å²) in [5, 5.41) is 1.34. The van der Waals surface area contributed by atoms with Gasteiger partial charge in [0.25, 0.3) is 0 Å². The summed E-state index contributed by atoms with van der Waals surface area (Å²) in [5.41, 5.74) is 0. The van der Waals surface area contributed by atoms with Crippen molar-refractivity contribution < 1.29 is 4.79 Å². The number of piperidine rings is 1. The summed E-state index contributed by atoms with van der Waals surface area (Å²) in [6.07, 6.45) is 7.33. The second-order valence-corrected chi connectivity index (χ2v) is 7.23. The number of carbonyl (C=O) groups excluding carboxylic acids is 1. The highest BCUT2D eigenvalue weighted by Gasteiger charge is 2.29. The summed E-state index contributed by atoms with van der Waals surface area (Å²) in [6.45, 7) is 2.00. The van der Waals surface area contributed by atoms with Crippen molar-refractivity contribution >= 4 is 33.6 Å². The number of likely N-dealkylation sites (tertiary alicyclic amines) is 1. The van der Waals surface area contributed by atoms with Crippen molar-refractivity contribution in [1.82, 2.24) is 4.90 Å². The van der Waals surface area contributed by atoms with Crippen molar-refractivity contribution in [1.29, 1.82) is 0 Å². The van der Waals surface area contributed by atoms with Gasteiger partial charge in [0, 0.05) is 18.4 Å². The van der Waals surface area contributed by atoms with Gasteiger partial charge in [0.15, 0.2) is 0 Å². The van der Waals surface area contributed by atoms with Gasteiger partial charge < -0.3 is 4.90 Å². The van der Waals surface area contributed by atoms with Gasteiger partial charge in [0.2, 0.25) is 5.91 Å². The van der Waals surface area contributed by atoms with Crippen LogP contribution in [0.4, 0.5) is 0 Å². The van der Waals surface area contributed by atoms with E-state index in [0.29, 0.717) is 5.91 Å². The molecular formula is C13H22BrNOS. The summed E-state index contributed by atoms with van der Waals surface area (Å²) >= 11 is 5.39. The third-order valence-electron chi connectivity index (χ3n) is 3.80. The summed E-state index contributed by atoms with van der Waals surface area (Å²) in [7, 11) is 0. The lowest BCUT2D eigenvalue weighted by Gasteiger charge is -2.35. The van der Waals surface area contributed by atoms with Crippen LogP contribution in [0.2, 0.25) is 0 Å². The van der Waals surface area contributed by atoms with Crippen LogP contribution < -0.4 is 0 Å². The molecule has 0 aromatic carbocycles. The van der Waals surface area contributed by atoms with Gasteiger partial charge in [-0.1, -0.05) is 22.4 Å². The molecule has 2 unspecified atom stereocenters. The van der Waals surface area contributed by atoms with Gasteiger partial charge in [0.05, 0.1) is 5.25 Å². The summed E-state index contributed by atoms with van der Waals surface area (Å²) < 4.78 is 0. The van der Waals surface area contributed by atoms with Crippen molar-refractivity contribution in [2.45, 2.75) is 43.8 Å². The van der Waals surface area contributed by atoms with E-state index in [1.54, 1.807) is 0 Å². The summed E-state index contributed by atoms with van der Waals surface area (Å²) in [6, 6.07) is 0. The van der Waals surface area contributed by atoms with Crippen LogP contribution in [0.5, 0.6) is 0 Å². The number of hydrogen-bond donors (Lipinski definition) is 0. The largest absolute Gasteiger partial charge is 0.341 e. The number of alkyl halides is 1. The zero-order valence-electron chi connectivity index (χ0n) is 10.4. The molecule has 4 heteroatoms. The maximum Gasteiger partial charge on any atom is 0.235 e. The molecule has 2 rings (SSSR count). The van der Waals surface area contributed by atoms with Crippen molar-refractivity contribution in [3.8, 4) is 0 Å². The Morgan fingerprint density at radius 3 is 2.88 bits per heavy atom. The van der Waals surface area contributed by atoms with Gasteiger partial charge in [-0.25, -0.2) is 0 Å². The fraction of sp³-hybridized carbons (Fsp3) is 0.923. The zero-order chi connectivity index (χ0) is 12.1. The molecule has 2 nitrogen and oxygen atoms in total. The second-order valence-electron chi connectivity index (χ2n) is 5.13. The molecule has 2 saturated heterocycles. The van der Waals surface area contributed by atoms with E-state index in [1.165, 1.54) is 37.9 Å². The van der Waals surface area contributed by atoms with Crippen molar-refractivity contribution in [3.63, 3.8) is 0 Å². The predicted octanol–water partition coefficient (Wildman–Crippen LogP) is 3.30. The minimum Gasteiger partial charge on any atom is -0.341 e. The van der Waals surface area contributed by atoms with Crippen LogP contribution in [-0.2, 0) is 4.79 Å². The van der Waals surface area contributed by atoms with Crippen LogP contribution in [0, 0.1) is 5.92 Å². The molecule has 0 bridgehead atoms. The molecule has 98 valence electrons. The predicted molar refractivity (Wildman–Crippen MR) is 77.8 cm³/mol. The van der Waals surface area contributed by atoms with Gasteiger partial charge >= 0.3 is 0 Å². The molecule has 17 heavy (non-hydrogen) atoms. The van der Waals surface area contributed by atoms with E-state index in [1.807, 2.05) is 11.8 Å². The number of amides is 1. The SMILES string of the molecule is O=C(C1CCCCS1)N1CCCC(CCBr)C1. The van der Waals surface area contributed by atoms with Crippen LogP contribution in [0.1, 0.15) is 38.5 Å². The molecule has 2 heterocycles. The van der Waals surface area contributed by atoms with Crippen molar-refractivity contribution in [2.24, 2.45) is 5.92 Å². The molecule has 0 N–H and O–H groups in total. The molecular weight excluding hydrogens is 298 g/mol.